The molecule has 1 heterocycles. The Hall–Kier alpha value is -4.07. The second-order valence-electron chi connectivity index (χ2n) is 9.00. The third-order valence-corrected chi connectivity index (χ3v) is 6.26. The average molecular weight is 510 g/mol. The van der Waals surface area contributed by atoms with Crippen LogP contribution in [-0.4, -0.2) is 28.2 Å². The third-order valence-electron chi connectivity index (χ3n) is 6.26. The molecule has 0 atom stereocenters. The fraction of sp³-hybridized carbons (Fsp3) is 0.241. The lowest BCUT2D eigenvalue weighted by Crippen LogP contribution is -2.14. The van der Waals surface area contributed by atoms with Gasteiger partial charge in [-0.3, -0.25) is 4.79 Å². The first-order valence-electron chi connectivity index (χ1n) is 11.9. The van der Waals surface area contributed by atoms with E-state index in [1.165, 1.54) is 12.1 Å². The Labute approximate surface area is 212 Å². The zero-order valence-electron chi connectivity index (χ0n) is 20.6. The highest BCUT2D eigenvalue weighted by atomic mass is 19.4. The van der Waals surface area contributed by atoms with Gasteiger partial charge in [0.1, 0.15) is 0 Å². The predicted molar refractivity (Wildman–Crippen MR) is 135 cm³/mol. The van der Waals surface area contributed by atoms with E-state index in [0.717, 1.165) is 17.7 Å². The van der Waals surface area contributed by atoms with Gasteiger partial charge >= 0.3 is 18.1 Å². The summed E-state index contributed by atoms with van der Waals surface area (Å²) in [7, 11) is 0. The first kappa shape index (κ1) is 26.0. The molecule has 0 saturated carbocycles. The van der Waals surface area contributed by atoms with Crippen molar-refractivity contribution < 1.29 is 32.6 Å². The molecule has 0 aliphatic heterocycles. The van der Waals surface area contributed by atoms with Crippen molar-refractivity contribution in [2.75, 3.05) is 6.61 Å². The Morgan fingerprint density at radius 2 is 1.57 bits per heavy atom. The van der Waals surface area contributed by atoms with E-state index in [9.17, 15) is 27.9 Å². The first-order valence-corrected chi connectivity index (χ1v) is 11.9. The van der Waals surface area contributed by atoms with Crippen LogP contribution in [0.4, 0.5) is 13.2 Å². The number of aromatic nitrogens is 1. The third kappa shape index (κ3) is 5.23. The van der Waals surface area contributed by atoms with Crippen LogP contribution in [0.2, 0.25) is 0 Å². The van der Waals surface area contributed by atoms with Crippen LogP contribution in [0.5, 0.6) is 0 Å². The van der Waals surface area contributed by atoms with Gasteiger partial charge in [0.05, 0.1) is 29.7 Å². The minimum atomic E-state index is -4.46. The molecule has 0 amide bonds. The molecule has 0 unspecified atom stereocenters. The van der Waals surface area contributed by atoms with Gasteiger partial charge < -0.3 is 14.4 Å². The number of halogens is 3. The molecule has 4 aromatic rings. The van der Waals surface area contributed by atoms with Gasteiger partial charge in [0.2, 0.25) is 0 Å². The highest BCUT2D eigenvalue weighted by Crippen LogP contribution is 2.35. The van der Waals surface area contributed by atoms with Gasteiger partial charge in [0.15, 0.2) is 0 Å². The number of benzene rings is 3. The van der Waals surface area contributed by atoms with Gasteiger partial charge in [-0.15, -0.1) is 0 Å². The molecular weight excluding hydrogens is 483 g/mol. The number of aromatic carboxylic acids is 1. The highest BCUT2D eigenvalue weighted by molar-refractivity contribution is 6.07. The smallest absolute Gasteiger partial charge is 0.416 e. The van der Waals surface area contributed by atoms with Crippen LogP contribution in [0.15, 0.2) is 66.7 Å². The largest absolute Gasteiger partial charge is 0.478 e. The van der Waals surface area contributed by atoms with Gasteiger partial charge in [-0.2, -0.15) is 13.2 Å². The topological polar surface area (TPSA) is 68.5 Å². The molecule has 37 heavy (non-hydrogen) atoms. The van der Waals surface area contributed by atoms with E-state index >= 15 is 0 Å². The van der Waals surface area contributed by atoms with Gasteiger partial charge in [-0.1, -0.05) is 44.2 Å². The molecule has 0 bridgehead atoms. The predicted octanol–water partition coefficient (Wildman–Crippen LogP) is 7.24. The van der Waals surface area contributed by atoms with Crippen molar-refractivity contribution in [3.05, 3.63) is 89.1 Å². The van der Waals surface area contributed by atoms with E-state index < -0.39 is 23.7 Å². The standard InChI is InChI=1S/C29H26F3NO4/c1-4-37-26(34)16-25-27(28(35)36)23-15-20(19-5-10-21(11-6-19)29(30,31)32)9-14-24(23)33(25)22-12-7-18(8-13-22)17(2)3/h5-15,17H,4,16H2,1-3H3,(H,35,36). The Kier molecular flexibility index (Phi) is 7.12. The minimum Gasteiger partial charge on any atom is -0.478 e. The molecule has 1 aromatic heterocycles. The maximum absolute atomic E-state index is 13.0. The van der Waals surface area contributed by atoms with E-state index in [2.05, 4.69) is 13.8 Å². The quantitative estimate of drug-likeness (QED) is 0.267. The van der Waals surface area contributed by atoms with Crippen molar-refractivity contribution in [2.45, 2.75) is 39.3 Å². The van der Waals surface area contributed by atoms with Crippen molar-refractivity contribution in [3.63, 3.8) is 0 Å². The molecule has 0 fully saturated rings. The summed E-state index contributed by atoms with van der Waals surface area (Å²) in [5.41, 5.74) is 2.86. The van der Waals surface area contributed by atoms with Crippen LogP contribution in [0.25, 0.3) is 27.7 Å². The summed E-state index contributed by atoms with van der Waals surface area (Å²) < 4.78 is 45.9. The molecule has 192 valence electrons. The van der Waals surface area contributed by atoms with Crippen LogP contribution in [0, 0.1) is 0 Å². The van der Waals surface area contributed by atoms with Crippen LogP contribution in [-0.2, 0) is 22.1 Å². The maximum Gasteiger partial charge on any atom is 0.416 e. The summed E-state index contributed by atoms with van der Waals surface area (Å²) >= 11 is 0. The van der Waals surface area contributed by atoms with E-state index in [1.807, 2.05) is 24.3 Å². The van der Waals surface area contributed by atoms with Gasteiger partial charge in [0, 0.05) is 16.8 Å². The van der Waals surface area contributed by atoms with E-state index in [4.69, 9.17) is 4.74 Å². The van der Waals surface area contributed by atoms with Crippen LogP contribution < -0.4 is 0 Å². The molecule has 5 nitrogen and oxygen atoms in total. The normalized spacial score (nSPS) is 11.8. The van der Waals surface area contributed by atoms with E-state index in [-0.39, 0.29) is 24.3 Å². The molecular formula is C29H26F3NO4. The molecule has 0 radical (unpaired) electrons. The van der Waals surface area contributed by atoms with Crippen molar-refractivity contribution in [3.8, 4) is 16.8 Å². The lowest BCUT2D eigenvalue weighted by atomic mass is 10.0. The number of carbonyl (C=O) groups excluding carboxylic acids is 1. The number of esters is 1. The van der Waals surface area contributed by atoms with Crippen molar-refractivity contribution in [1.82, 2.24) is 4.57 Å². The van der Waals surface area contributed by atoms with Gasteiger partial charge in [-0.25, -0.2) is 4.79 Å². The molecule has 4 rings (SSSR count). The molecule has 0 spiro atoms. The Morgan fingerprint density at radius 3 is 2.11 bits per heavy atom. The number of rotatable bonds is 7. The molecule has 8 heteroatoms. The number of nitrogens with zero attached hydrogens (tertiary/aromatic N) is 1. The van der Waals surface area contributed by atoms with Crippen molar-refractivity contribution >= 4 is 22.8 Å². The number of carbonyl (C=O) groups is 2. The number of fused-ring (bicyclic) bond motifs is 1. The number of alkyl halides is 3. The second kappa shape index (κ2) is 10.1. The van der Waals surface area contributed by atoms with E-state index in [0.29, 0.717) is 33.6 Å². The highest BCUT2D eigenvalue weighted by Gasteiger charge is 2.30. The summed E-state index contributed by atoms with van der Waals surface area (Å²) in [6, 6.07) is 17.4. The van der Waals surface area contributed by atoms with Crippen LogP contribution in [0.3, 0.4) is 0 Å². The van der Waals surface area contributed by atoms with Gasteiger partial charge in [-0.05, 0) is 65.9 Å². The summed E-state index contributed by atoms with van der Waals surface area (Å²) in [6.45, 7) is 5.96. The van der Waals surface area contributed by atoms with Gasteiger partial charge in [0.25, 0.3) is 0 Å². The van der Waals surface area contributed by atoms with Crippen molar-refractivity contribution in [1.29, 1.82) is 0 Å². The molecule has 0 aliphatic carbocycles. The van der Waals surface area contributed by atoms with E-state index in [1.54, 1.807) is 29.7 Å². The maximum atomic E-state index is 13.0. The number of carboxylic acid groups (broad SMARTS) is 1. The SMILES string of the molecule is CCOC(=O)Cc1c(C(=O)O)c2cc(-c3ccc(C(F)(F)F)cc3)ccc2n1-c1ccc(C(C)C)cc1. The fourth-order valence-corrected chi connectivity index (χ4v) is 4.43. The Morgan fingerprint density at radius 1 is 0.946 bits per heavy atom. The first-order chi connectivity index (χ1) is 17.5. The van der Waals surface area contributed by atoms with Crippen molar-refractivity contribution in [2.24, 2.45) is 0 Å². The average Bonchev–Trinajstić information content (AvgIpc) is 3.16. The lowest BCUT2D eigenvalue weighted by Gasteiger charge is -2.13. The zero-order valence-corrected chi connectivity index (χ0v) is 20.6. The second-order valence-corrected chi connectivity index (χ2v) is 9.00. The molecule has 0 aliphatic rings. The summed E-state index contributed by atoms with van der Waals surface area (Å²) in [5, 5.41) is 10.6. The lowest BCUT2D eigenvalue weighted by molar-refractivity contribution is -0.142. The molecule has 1 N–H and O–H groups in total. The summed E-state index contributed by atoms with van der Waals surface area (Å²) in [4.78, 5) is 24.9. The molecule has 0 saturated heterocycles. The monoisotopic (exact) mass is 509 g/mol. The Balaban J connectivity index is 1.93. The summed E-state index contributed by atoms with van der Waals surface area (Å²) in [6.07, 6.45) is -4.71. The number of ether oxygens (including phenoxy) is 1. The molecule has 3 aromatic carbocycles. The number of hydrogen-bond donors (Lipinski definition) is 1. The zero-order chi connectivity index (χ0) is 26.9. The number of carboxylic acids is 1. The van der Waals surface area contributed by atoms with Crippen LogP contribution in [0.1, 0.15) is 53.9 Å². The summed E-state index contributed by atoms with van der Waals surface area (Å²) in [5.74, 6) is -1.47. The fourth-order valence-electron chi connectivity index (χ4n) is 4.43. The number of hydrogen-bond acceptors (Lipinski definition) is 3. The van der Waals surface area contributed by atoms with Crippen LogP contribution >= 0.6 is 0 Å². The Bertz CT molecular complexity index is 1450. The minimum absolute atomic E-state index is 0.0512.